The summed E-state index contributed by atoms with van der Waals surface area (Å²) < 4.78 is 10.3. The van der Waals surface area contributed by atoms with E-state index in [-0.39, 0.29) is 5.91 Å². The molecule has 0 heterocycles. The Morgan fingerprint density at radius 3 is 2.09 bits per heavy atom. The third-order valence-electron chi connectivity index (χ3n) is 3.71. The molecule has 0 spiro atoms. The molecule has 6 nitrogen and oxygen atoms in total. The van der Waals surface area contributed by atoms with Gasteiger partial charge in [-0.05, 0) is 12.8 Å². The van der Waals surface area contributed by atoms with Crippen molar-refractivity contribution in [3.63, 3.8) is 0 Å². The van der Waals surface area contributed by atoms with Gasteiger partial charge in [-0.3, -0.25) is 9.59 Å². The van der Waals surface area contributed by atoms with Crippen molar-refractivity contribution in [3.05, 3.63) is 30.4 Å². The highest BCUT2D eigenvalue weighted by Gasteiger charge is 2.34. The van der Waals surface area contributed by atoms with Crippen LogP contribution in [0.15, 0.2) is 30.4 Å². The van der Waals surface area contributed by atoms with Gasteiger partial charge in [0.15, 0.2) is 0 Å². The number of hydrogen-bond donors (Lipinski definition) is 2. The van der Waals surface area contributed by atoms with Gasteiger partial charge in [-0.1, -0.05) is 12.2 Å². The first kappa shape index (κ1) is 15.9. The van der Waals surface area contributed by atoms with Crippen LogP contribution in [0.5, 0.6) is 11.5 Å². The fourth-order valence-electron chi connectivity index (χ4n) is 2.49. The van der Waals surface area contributed by atoms with E-state index in [0.717, 1.165) is 0 Å². The number of amides is 1. The molecule has 1 amide bonds. The molecule has 0 saturated carbocycles. The second-order valence-electron chi connectivity index (χ2n) is 5.08. The number of allylic oxidation sites excluding steroid dienone is 2. The molecule has 0 unspecified atom stereocenters. The number of rotatable bonds is 5. The molecule has 22 heavy (non-hydrogen) atoms. The molecule has 0 aliphatic heterocycles. The minimum absolute atomic E-state index is 0.313. The number of methoxy groups -OCH3 is 2. The van der Waals surface area contributed by atoms with Crippen LogP contribution >= 0.6 is 0 Å². The summed E-state index contributed by atoms with van der Waals surface area (Å²) in [5.41, 5.74) is 0.514. The maximum Gasteiger partial charge on any atom is 0.307 e. The molecular formula is C16H19NO5. The minimum Gasteiger partial charge on any atom is -0.497 e. The van der Waals surface area contributed by atoms with Gasteiger partial charge in [-0.25, -0.2) is 0 Å². The first-order chi connectivity index (χ1) is 10.5. The smallest absolute Gasteiger partial charge is 0.307 e. The van der Waals surface area contributed by atoms with E-state index in [9.17, 15) is 14.7 Å². The monoisotopic (exact) mass is 305 g/mol. The quantitative estimate of drug-likeness (QED) is 0.815. The first-order valence-corrected chi connectivity index (χ1v) is 6.97. The van der Waals surface area contributed by atoms with Crippen LogP contribution < -0.4 is 14.8 Å². The van der Waals surface area contributed by atoms with Crippen molar-refractivity contribution in [2.45, 2.75) is 12.8 Å². The van der Waals surface area contributed by atoms with Crippen LogP contribution in [-0.2, 0) is 9.59 Å². The summed E-state index contributed by atoms with van der Waals surface area (Å²) in [7, 11) is 3.04. The highest BCUT2D eigenvalue weighted by molar-refractivity contribution is 5.95. The fourth-order valence-corrected chi connectivity index (χ4v) is 2.49. The Hall–Kier alpha value is -2.50. The third-order valence-corrected chi connectivity index (χ3v) is 3.71. The summed E-state index contributed by atoms with van der Waals surface area (Å²) in [6.45, 7) is 0. The lowest BCUT2D eigenvalue weighted by Gasteiger charge is -2.24. The molecule has 6 heteroatoms. The molecule has 1 aromatic rings. The molecule has 1 aromatic carbocycles. The number of benzene rings is 1. The highest BCUT2D eigenvalue weighted by atomic mass is 16.5. The molecule has 0 saturated heterocycles. The number of ether oxygens (including phenoxy) is 2. The Morgan fingerprint density at radius 2 is 1.59 bits per heavy atom. The van der Waals surface area contributed by atoms with Crippen molar-refractivity contribution in [3.8, 4) is 11.5 Å². The Kier molecular flexibility index (Phi) is 5.04. The van der Waals surface area contributed by atoms with E-state index < -0.39 is 17.8 Å². The lowest BCUT2D eigenvalue weighted by atomic mass is 9.82. The molecule has 2 atom stereocenters. The Morgan fingerprint density at radius 1 is 1.05 bits per heavy atom. The molecule has 118 valence electrons. The number of hydrogen-bond acceptors (Lipinski definition) is 4. The Balaban J connectivity index is 2.17. The number of carbonyl (C=O) groups excluding carboxylic acids is 1. The SMILES string of the molecule is COc1cc(NC(=O)[C@@H]2CC=CC[C@@H]2C(=O)O)cc(OC)c1. The van der Waals surface area contributed by atoms with Gasteiger partial charge in [0, 0.05) is 23.9 Å². The van der Waals surface area contributed by atoms with Gasteiger partial charge in [-0.2, -0.15) is 0 Å². The maximum atomic E-state index is 12.4. The van der Waals surface area contributed by atoms with Crippen LogP contribution in [0.1, 0.15) is 12.8 Å². The van der Waals surface area contributed by atoms with Crippen LogP contribution in [0.3, 0.4) is 0 Å². The van der Waals surface area contributed by atoms with Gasteiger partial charge in [0.1, 0.15) is 11.5 Å². The van der Waals surface area contributed by atoms with Crippen molar-refractivity contribution in [1.82, 2.24) is 0 Å². The summed E-state index contributed by atoms with van der Waals surface area (Å²) in [5, 5.41) is 12.0. The van der Waals surface area contributed by atoms with Gasteiger partial charge < -0.3 is 19.9 Å². The van der Waals surface area contributed by atoms with E-state index >= 15 is 0 Å². The van der Waals surface area contributed by atoms with E-state index in [1.807, 2.05) is 6.08 Å². The lowest BCUT2D eigenvalue weighted by molar-refractivity contribution is -0.146. The summed E-state index contributed by atoms with van der Waals surface area (Å²) in [6.07, 6.45) is 4.44. The van der Waals surface area contributed by atoms with Crippen LogP contribution in [0.2, 0.25) is 0 Å². The molecule has 0 bridgehead atoms. The van der Waals surface area contributed by atoms with Crippen molar-refractivity contribution in [2.24, 2.45) is 11.8 Å². The van der Waals surface area contributed by atoms with E-state index in [1.54, 1.807) is 24.3 Å². The predicted octanol–water partition coefficient (Wildman–Crippen LogP) is 2.31. The van der Waals surface area contributed by atoms with Crippen molar-refractivity contribution >= 4 is 17.6 Å². The van der Waals surface area contributed by atoms with Gasteiger partial charge >= 0.3 is 5.97 Å². The molecule has 2 N–H and O–H groups in total. The first-order valence-electron chi connectivity index (χ1n) is 6.97. The molecule has 0 fully saturated rings. The summed E-state index contributed by atoms with van der Waals surface area (Å²) in [5.74, 6) is -1.45. The van der Waals surface area contributed by atoms with Crippen LogP contribution in [0.4, 0.5) is 5.69 Å². The van der Waals surface area contributed by atoms with Crippen molar-refractivity contribution in [2.75, 3.05) is 19.5 Å². The van der Waals surface area contributed by atoms with E-state index in [4.69, 9.17) is 9.47 Å². The van der Waals surface area contributed by atoms with E-state index in [0.29, 0.717) is 30.0 Å². The molecule has 1 aliphatic carbocycles. The van der Waals surface area contributed by atoms with E-state index in [2.05, 4.69) is 5.32 Å². The second-order valence-corrected chi connectivity index (χ2v) is 5.08. The standard InChI is InChI=1S/C16H19NO5/c1-21-11-7-10(8-12(9-11)22-2)17-15(18)13-5-3-4-6-14(13)16(19)20/h3-4,7-9,13-14H,5-6H2,1-2H3,(H,17,18)(H,19,20)/t13-,14+/m1/s1. The van der Waals surface area contributed by atoms with Gasteiger partial charge in [-0.15, -0.1) is 0 Å². The fraction of sp³-hybridized carbons (Fsp3) is 0.375. The molecule has 0 aromatic heterocycles. The van der Waals surface area contributed by atoms with Crippen LogP contribution in [0.25, 0.3) is 0 Å². The summed E-state index contributed by atoms with van der Waals surface area (Å²) >= 11 is 0. The third kappa shape index (κ3) is 3.58. The van der Waals surface area contributed by atoms with Gasteiger partial charge in [0.05, 0.1) is 26.1 Å². The number of nitrogens with one attached hydrogen (secondary N) is 1. The Labute approximate surface area is 128 Å². The maximum absolute atomic E-state index is 12.4. The molecule has 2 rings (SSSR count). The average molecular weight is 305 g/mol. The van der Waals surface area contributed by atoms with Crippen LogP contribution in [0, 0.1) is 11.8 Å². The second kappa shape index (κ2) is 6.98. The molecular weight excluding hydrogens is 286 g/mol. The van der Waals surface area contributed by atoms with Gasteiger partial charge in [0.25, 0.3) is 0 Å². The zero-order chi connectivity index (χ0) is 16.1. The normalized spacial score (nSPS) is 20.3. The molecule has 1 aliphatic rings. The number of anilines is 1. The van der Waals surface area contributed by atoms with Crippen molar-refractivity contribution in [1.29, 1.82) is 0 Å². The van der Waals surface area contributed by atoms with Gasteiger partial charge in [0.2, 0.25) is 5.91 Å². The van der Waals surface area contributed by atoms with Crippen LogP contribution in [-0.4, -0.2) is 31.2 Å². The minimum atomic E-state index is -0.951. The highest BCUT2D eigenvalue weighted by Crippen LogP contribution is 2.29. The zero-order valence-electron chi connectivity index (χ0n) is 12.5. The lowest BCUT2D eigenvalue weighted by Crippen LogP contribution is -2.34. The number of carboxylic acids is 1. The summed E-state index contributed by atoms with van der Waals surface area (Å²) in [4.78, 5) is 23.7. The number of aliphatic carboxylic acids is 1. The Bertz CT molecular complexity index is 574. The summed E-state index contributed by atoms with van der Waals surface area (Å²) in [6, 6.07) is 5.02. The predicted molar refractivity (Wildman–Crippen MR) is 81.2 cm³/mol. The number of carbonyl (C=O) groups is 2. The zero-order valence-corrected chi connectivity index (χ0v) is 12.5. The van der Waals surface area contributed by atoms with E-state index in [1.165, 1.54) is 14.2 Å². The average Bonchev–Trinajstić information content (AvgIpc) is 2.54. The molecule has 0 radical (unpaired) electrons. The van der Waals surface area contributed by atoms with Crippen molar-refractivity contribution < 1.29 is 24.2 Å². The topological polar surface area (TPSA) is 84.9 Å². The largest absolute Gasteiger partial charge is 0.497 e. The number of carboxylic acid groups (broad SMARTS) is 1.